The highest BCUT2D eigenvalue weighted by atomic mass is 19.1. The number of likely N-dealkylation sites (N-methyl/N-ethyl adjacent to an activating group) is 1. The average molecular weight is 495 g/mol. The summed E-state index contributed by atoms with van der Waals surface area (Å²) in [4.78, 5) is 28.0. The fraction of sp³-hybridized carbons (Fsp3) is 0.286. The summed E-state index contributed by atoms with van der Waals surface area (Å²) in [6.45, 7) is 1.74. The number of nitrogens with zero attached hydrogens (tertiary/aromatic N) is 1. The average Bonchev–Trinajstić information content (AvgIpc) is 2.90. The van der Waals surface area contributed by atoms with Crippen molar-refractivity contribution in [2.75, 3.05) is 27.4 Å². The van der Waals surface area contributed by atoms with Gasteiger partial charge in [-0.05, 0) is 18.6 Å². The Morgan fingerprint density at radius 2 is 1.53 bits per heavy atom. The molecular weight excluding hydrogens is 463 g/mol. The van der Waals surface area contributed by atoms with Gasteiger partial charge in [-0.3, -0.25) is 9.59 Å². The van der Waals surface area contributed by atoms with Crippen LogP contribution in [0, 0.1) is 5.82 Å². The van der Waals surface area contributed by atoms with Gasteiger partial charge in [-0.25, -0.2) is 4.39 Å². The monoisotopic (exact) mass is 494 g/mol. The predicted octanol–water partition coefficient (Wildman–Crippen LogP) is 4.00. The van der Waals surface area contributed by atoms with Crippen molar-refractivity contribution < 1.29 is 28.2 Å². The third-order valence-electron chi connectivity index (χ3n) is 5.61. The van der Waals surface area contributed by atoms with E-state index in [1.165, 1.54) is 25.2 Å². The molecule has 0 saturated carbocycles. The lowest BCUT2D eigenvalue weighted by Crippen LogP contribution is -2.51. The summed E-state index contributed by atoms with van der Waals surface area (Å²) in [5, 5.41) is 2.81. The molecule has 8 heteroatoms. The highest BCUT2D eigenvalue weighted by molar-refractivity contribution is 5.88. The molecule has 3 aromatic carbocycles. The number of rotatable bonds is 12. The van der Waals surface area contributed by atoms with Gasteiger partial charge in [-0.1, -0.05) is 48.5 Å². The van der Waals surface area contributed by atoms with Crippen LogP contribution in [0.2, 0.25) is 0 Å². The summed E-state index contributed by atoms with van der Waals surface area (Å²) in [7, 11) is 3.03. The zero-order valence-corrected chi connectivity index (χ0v) is 20.7. The number of carbonyl (C=O) groups is 2. The predicted molar refractivity (Wildman–Crippen MR) is 135 cm³/mol. The molecule has 3 rings (SSSR count). The maximum atomic E-state index is 14.6. The number of hydrogen-bond donors (Lipinski definition) is 1. The second-order valence-electron chi connectivity index (χ2n) is 8.05. The van der Waals surface area contributed by atoms with Gasteiger partial charge in [-0.15, -0.1) is 0 Å². The molecule has 1 atom stereocenters. The first-order chi connectivity index (χ1) is 17.4. The van der Waals surface area contributed by atoms with Crippen LogP contribution in [-0.2, 0) is 22.6 Å². The van der Waals surface area contributed by atoms with Gasteiger partial charge in [0.05, 0.1) is 14.2 Å². The molecule has 0 unspecified atom stereocenters. The van der Waals surface area contributed by atoms with Crippen molar-refractivity contribution in [2.45, 2.75) is 25.9 Å². The van der Waals surface area contributed by atoms with Crippen LogP contribution in [0.4, 0.5) is 4.39 Å². The molecule has 0 radical (unpaired) electrons. The SMILES string of the molecule is CCNC(=O)[C@@H](Cc1ccccc1)N(Cc1ccccc1F)C(=O)COc1cc(OC)cc(OC)c1. The largest absolute Gasteiger partial charge is 0.496 e. The van der Waals surface area contributed by atoms with Gasteiger partial charge < -0.3 is 24.4 Å². The number of halogens is 1. The molecule has 0 fully saturated rings. The summed E-state index contributed by atoms with van der Waals surface area (Å²) < 4.78 is 30.9. The Morgan fingerprint density at radius 3 is 2.14 bits per heavy atom. The third-order valence-corrected chi connectivity index (χ3v) is 5.61. The smallest absolute Gasteiger partial charge is 0.261 e. The first-order valence-electron chi connectivity index (χ1n) is 11.7. The maximum absolute atomic E-state index is 14.6. The molecule has 0 aromatic heterocycles. The minimum absolute atomic E-state index is 0.0923. The number of carbonyl (C=O) groups excluding carboxylic acids is 2. The third kappa shape index (κ3) is 7.21. The van der Waals surface area contributed by atoms with Crippen LogP contribution in [0.3, 0.4) is 0 Å². The number of nitrogens with one attached hydrogen (secondary N) is 1. The van der Waals surface area contributed by atoms with E-state index < -0.39 is 17.8 Å². The minimum atomic E-state index is -0.872. The van der Waals surface area contributed by atoms with Gasteiger partial charge in [-0.2, -0.15) is 0 Å². The number of ether oxygens (including phenoxy) is 3. The van der Waals surface area contributed by atoms with E-state index >= 15 is 0 Å². The van der Waals surface area contributed by atoms with Crippen molar-refractivity contribution >= 4 is 11.8 Å². The first-order valence-corrected chi connectivity index (χ1v) is 11.7. The van der Waals surface area contributed by atoms with Crippen molar-refractivity contribution in [1.29, 1.82) is 0 Å². The lowest BCUT2D eigenvalue weighted by molar-refractivity contribution is -0.142. The Kier molecular flexibility index (Phi) is 9.68. The lowest BCUT2D eigenvalue weighted by Gasteiger charge is -2.31. The first kappa shape index (κ1) is 26.5. The molecule has 7 nitrogen and oxygen atoms in total. The van der Waals surface area contributed by atoms with Gasteiger partial charge in [0.25, 0.3) is 5.91 Å². The minimum Gasteiger partial charge on any atom is -0.496 e. The van der Waals surface area contributed by atoms with E-state index in [-0.39, 0.29) is 25.5 Å². The summed E-state index contributed by atoms with van der Waals surface area (Å²) in [6, 6.07) is 19.7. The van der Waals surface area contributed by atoms with Gasteiger partial charge in [0, 0.05) is 43.3 Å². The van der Waals surface area contributed by atoms with E-state index in [1.54, 1.807) is 43.3 Å². The summed E-state index contributed by atoms with van der Waals surface area (Å²) in [6.07, 6.45) is 0.264. The van der Waals surface area contributed by atoms with E-state index in [0.717, 1.165) is 5.56 Å². The van der Waals surface area contributed by atoms with Crippen LogP contribution >= 0.6 is 0 Å². The number of benzene rings is 3. The molecule has 1 N–H and O–H groups in total. The molecular formula is C28H31FN2O5. The Labute approximate surface area is 210 Å². The van der Waals surface area contributed by atoms with Crippen molar-refractivity contribution in [3.63, 3.8) is 0 Å². The zero-order chi connectivity index (χ0) is 25.9. The Hall–Kier alpha value is -4.07. The van der Waals surface area contributed by atoms with Crippen molar-refractivity contribution in [3.05, 3.63) is 89.7 Å². The molecule has 2 amide bonds. The number of methoxy groups -OCH3 is 2. The van der Waals surface area contributed by atoms with E-state index in [9.17, 15) is 14.0 Å². The van der Waals surface area contributed by atoms with E-state index in [4.69, 9.17) is 14.2 Å². The van der Waals surface area contributed by atoms with Crippen LogP contribution in [0.5, 0.6) is 17.2 Å². The molecule has 190 valence electrons. The molecule has 36 heavy (non-hydrogen) atoms. The van der Waals surface area contributed by atoms with Crippen molar-refractivity contribution in [2.24, 2.45) is 0 Å². The van der Waals surface area contributed by atoms with Crippen molar-refractivity contribution in [1.82, 2.24) is 10.2 Å². The summed E-state index contributed by atoms with van der Waals surface area (Å²) in [5.74, 6) is 0.126. The van der Waals surface area contributed by atoms with Gasteiger partial charge in [0.1, 0.15) is 29.1 Å². The normalized spacial score (nSPS) is 11.3. The van der Waals surface area contributed by atoms with Crippen LogP contribution in [0.25, 0.3) is 0 Å². The van der Waals surface area contributed by atoms with E-state index in [0.29, 0.717) is 29.4 Å². The maximum Gasteiger partial charge on any atom is 0.261 e. The Bertz CT molecular complexity index is 1130. The van der Waals surface area contributed by atoms with Gasteiger partial charge in [0.2, 0.25) is 5.91 Å². The molecule has 0 aliphatic heterocycles. The highest BCUT2D eigenvalue weighted by Crippen LogP contribution is 2.27. The Morgan fingerprint density at radius 1 is 0.917 bits per heavy atom. The molecule has 0 bridgehead atoms. The van der Waals surface area contributed by atoms with Gasteiger partial charge >= 0.3 is 0 Å². The molecule has 0 aliphatic carbocycles. The van der Waals surface area contributed by atoms with E-state index in [1.807, 2.05) is 30.3 Å². The second-order valence-corrected chi connectivity index (χ2v) is 8.05. The number of hydrogen-bond acceptors (Lipinski definition) is 5. The van der Waals surface area contributed by atoms with E-state index in [2.05, 4.69) is 5.32 Å². The topological polar surface area (TPSA) is 77.1 Å². The quantitative estimate of drug-likeness (QED) is 0.412. The van der Waals surface area contributed by atoms with Crippen molar-refractivity contribution in [3.8, 4) is 17.2 Å². The van der Waals surface area contributed by atoms with Crippen LogP contribution < -0.4 is 19.5 Å². The van der Waals surface area contributed by atoms with Crippen LogP contribution in [0.15, 0.2) is 72.8 Å². The summed E-state index contributed by atoms with van der Waals surface area (Å²) >= 11 is 0. The Balaban J connectivity index is 1.91. The zero-order valence-electron chi connectivity index (χ0n) is 20.7. The fourth-order valence-corrected chi connectivity index (χ4v) is 3.75. The molecule has 0 heterocycles. The molecule has 3 aromatic rings. The molecule has 0 saturated heterocycles. The van der Waals surface area contributed by atoms with Crippen LogP contribution in [-0.4, -0.2) is 50.1 Å². The standard InChI is InChI=1S/C28H31FN2O5/c1-4-30-28(33)26(14-20-10-6-5-7-11-20)31(18-21-12-8-9-13-25(21)29)27(32)19-36-24-16-22(34-2)15-23(17-24)35-3/h5-13,15-17,26H,4,14,18-19H2,1-3H3,(H,30,33)/t26-/m1/s1. The van der Waals surface area contributed by atoms with Gasteiger partial charge in [0.15, 0.2) is 6.61 Å². The highest BCUT2D eigenvalue weighted by Gasteiger charge is 2.31. The molecule has 0 aliphatic rings. The second kappa shape index (κ2) is 13.1. The van der Waals surface area contributed by atoms with Crippen LogP contribution in [0.1, 0.15) is 18.1 Å². The summed E-state index contributed by atoms with van der Waals surface area (Å²) in [5.41, 5.74) is 1.18. The lowest BCUT2D eigenvalue weighted by atomic mass is 10.0. The molecule has 0 spiro atoms. The number of amides is 2. The fourth-order valence-electron chi connectivity index (χ4n) is 3.75.